The Morgan fingerprint density at radius 3 is 2.27 bits per heavy atom. The van der Waals surface area contributed by atoms with E-state index >= 15 is 0 Å². The molecule has 1 aromatic rings. The fraction of sp³-hybridized carbons (Fsp3) is 0.735. The molecule has 1 unspecified atom stereocenters. The number of benzene rings is 1. The van der Waals surface area contributed by atoms with Crippen molar-refractivity contribution in [3.8, 4) is 0 Å². The number of hydrogen-bond donors (Lipinski definition) is 4. The molecule has 2 rings (SSSR count). The van der Waals surface area contributed by atoms with Crippen LogP contribution in [0.25, 0.3) is 0 Å². The topological polar surface area (TPSA) is 154 Å². The molecule has 256 valence electrons. The van der Waals surface area contributed by atoms with Crippen molar-refractivity contribution < 1.29 is 23.8 Å². The van der Waals surface area contributed by atoms with Crippen LogP contribution in [0.4, 0.5) is 4.79 Å². The van der Waals surface area contributed by atoms with E-state index in [1.165, 1.54) is 0 Å². The summed E-state index contributed by atoms with van der Waals surface area (Å²) in [5, 5.41) is 6.56. The number of rotatable bonds is 21. The Morgan fingerprint density at radius 1 is 1.04 bits per heavy atom. The number of nitrogens with one attached hydrogen (secondary N) is 2. The van der Waals surface area contributed by atoms with Gasteiger partial charge in [-0.15, -0.1) is 0 Å². The van der Waals surface area contributed by atoms with E-state index in [-0.39, 0.29) is 24.4 Å². The second-order valence-electron chi connectivity index (χ2n) is 12.6. The molecule has 1 aromatic carbocycles. The monoisotopic (exact) mass is 632 g/mol. The van der Waals surface area contributed by atoms with Crippen LogP contribution in [0.2, 0.25) is 0 Å². The van der Waals surface area contributed by atoms with Gasteiger partial charge in [0, 0.05) is 19.8 Å². The smallest absolute Gasteiger partial charge is 0.408 e. The molecule has 0 radical (unpaired) electrons. The van der Waals surface area contributed by atoms with Crippen molar-refractivity contribution >= 4 is 18.0 Å². The van der Waals surface area contributed by atoms with Gasteiger partial charge in [0.05, 0.1) is 11.7 Å². The average molecular weight is 633 g/mol. The molecule has 0 aliphatic carbocycles. The number of nitrogens with two attached hydrogens (primary N) is 2. The largest absolute Gasteiger partial charge is 0.445 e. The number of hydrogen-bond acceptors (Lipinski definition) is 7. The minimum absolute atomic E-state index is 0.0329. The molecule has 11 nitrogen and oxygen atoms in total. The highest BCUT2D eigenvalue weighted by atomic mass is 16.7. The standard InChI is InChI=1S/C34H60N6O5/c1-6-8-22-43-31(44-23-9-7-2)29(18-15-20-37-32(35)36)40(34(5)19-13-14-21-38-34)30(41)28(24-26(3)4)39-33(42)45-25-27-16-11-10-12-17-27/h10-12,16-17,26,28-29,31,38H,6-9,13-15,18-25H2,1-5H3,(H,39,42)(H4,35,36,37)/t28-,29-,34?/m0/s1. The number of guanidine groups is 1. The van der Waals surface area contributed by atoms with E-state index in [0.717, 1.165) is 57.1 Å². The zero-order chi connectivity index (χ0) is 33.1. The molecule has 1 aliphatic rings. The zero-order valence-electron chi connectivity index (χ0n) is 28.4. The molecule has 0 spiro atoms. The van der Waals surface area contributed by atoms with Crippen LogP contribution < -0.4 is 22.1 Å². The lowest BCUT2D eigenvalue weighted by Gasteiger charge is -2.51. The Labute approximate surface area is 271 Å². The Morgan fingerprint density at radius 2 is 1.71 bits per heavy atom. The molecule has 3 atom stereocenters. The molecule has 11 heteroatoms. The van der Waals surface area contributed by atoms with Crippen LogP contribution in [-0.4, -0.2) is 73.2 Å². The summed E-state index contributed by atoms with van der Waals surface area (Å²) in [5.41, 5.74) is 11.4. The molecule has 1 saturated heterocycles. The van der Waals surface area contributed by atoms with Gasteiger partial charge >= 0.3 is 6.09 Å². The maximum absolute atomic E-state index is 14.9. The fourth-order valence-corrected chi connectivity index (χ4v) is 5.64. The second kappa shape index (κ2) is 21.0. The summed E-state index contributed by atoms with van der Waals surface area (Å²) in [6.07, 6.45) is 6.79. The Hall–Kier alpha value is -2.89. The lowest BCUT2D eigenvalue weighted by atomic mass is 9.92. The lowest BCUT2D eigenvalue weighted by Crippen LogP contribution is -2.69. The quantitative estimate of drug-likeness (QED) is 0.0637. The highest BCUT2D eigenvalue weighted by Crippen LogP contribution is 2.31. The summed E-state index contributed by atoms with van der Waals surface area (Å²) in [7, 11) is 0. The van der Waals surface area contributed by atoms with Gasteiger partial charge < -0.3 is 35.9 Å². The van der Waals surface area contributed by atoms with Crippen LogP contribution in [0.15, 0.2) is 35.3 Å². The second-order valence-corrected chi connectivity index (χ2v) is 12.6. The summed E-state index contributed by atoms with van der Waals surface area (Å²) in [5.74, 6) is -0.0158. The summed E-state index contributed by atoms with van der Waals surface area (Å²) in [6.45, 7) is 12.7. The third kappa shape index (κ3) is 14.0. The molecule has 0 saturated carbocycles. The average Bonchev–Trinajstić information content (AvgIpc) is 3.01. The summed E-state index contributed by atoms with van der Waals surface area (Å²) < 4.78 is 18.4. The lowest BCUT2D eigenvalue weighted by molar-refractivity contribution is -0.202. The van der Waals surface area contributed by atoms with Gasteiger partial charge in [0.25, 0.3) is 0 Å². The highest BCUT2D eigenvalue weighted by Gasteiger charge is 2.46. The van der Waals surface area contributed by atoms with Crippen LogP contribution in [0, 0.1) is 5.92 Å². The van der Waals surface area contributed by atoms with Crippen molar-refractivity contribution in [2.75, 3.05) is 26.3 Å². The van der Waals surface area contributed by atoms with Gasteiger partial charge in [-0.25, -0.2) is 4.79 Å². The van der Waals surface area contributed by atoms with Crippen LogP contribution in [-0.2, 0) is 25.6 Å². The van der Waals surface area contributed by atoms with Crippen LogP contribution in [0.3, 0.4) is 0 Å². The number of piperidine rings is 1. The molecule has 6 N–H and O–H groups in total. The SMILES string of the molecule is CCCCOC(OCCCC)[C@H](CCCN=C(N)N)N(C(=O)[C@H](CC(C)C)NC(=O)OCc1ccccc1)C1(C)CCCCN1. The van der Waals surface area contributed by atoms with Gasteiger partial charge in [-0.3, -0.25) is 15.1 Å². The first-order valence-electron chi connectivity index (χ1n) is 16.9. The Kier molecular flexibility index (Phi) is 17.9. The fourth-order valence-electron chi connectivity index (χ4n) is 5.64. The third-order valence-electron chi connectivity index (χ3n) is 8.03. The number of carbonyl (C=O) groups is 2. The maximum Gasteiger partial charge on any atom is 0.408 e. The molecule has 45 heavy (non-hydrogen) atoms. The van der Waals surface area contributed by atoms with Gasteiger partial charge in [0.15, 0.2) is 12.2 Å². The number of aliphatic imine (C=N–C) groups is 1. The normalized spacial score (nSPS) is 17.9. The third-order valence-corrected chi connectivity index (χ3v) is 8.03. The Balaban J connectivity index is 2.48. The zero-order valence-corrected chi connectivity index (χ0v) is 28.4. The Bertz CT molecular complexity index is 988. The highest BCUT2D eigenvalue weighted by molar-refractivity contribution is 5.86. The number of ether oxygens (including phenoxy) is 3. The molecule has 2 amide bonds. The van der Waals surface area contributed by atoms with Crippen LogP contribution in [0.1, 0.15) is 104 Å². The van der Waals surface area contributed by atoms with Crippen molar-refractivity contribution in [3.05, 3.63) is 35.9 Å². The minimum Gasteiger partial charge on any atom is -0.445 e. The summed E-state index contributed by atoms with van der Waals surface area (Å²) >= 11 is 0. The summed E-state index contributed by atoms with van der Waals surface area (Å²) in [6, 6.07) is 8.23. The first-order valence-corrected chi connectivity index (χ1v) is 16.9. The number of amides is 2. The maximum atomic E-state index is 14.9. The predicted octanol–water partition coefficient (Wildman–Crippen LogP) is 5.03. The van der Waals surface area contributed by atoms with Crippen molar-refractivity contribution in [2.45, 2.75) is 129 Å². The van der Waals surface area contributed by atoms with E-state index in [0.29, 0.717) is 39.0 Å². The molecular formula is C34H60N6O5. The van der Waals surface area contributed by atoms with Crippen molar-refractivity contribution in [2.24, 2.45) is 22.4 Å². The van der Waals surface area contributed by atoms with Gasteiger partial charge in [0.1, 0.15) is 12.6 Å². The van der Waals surface area contributed by atoms with Crippen LogP contribution >= 0.6 is 0 Å². The first-order chi connectivity index (χ1) is 21.6. The molecular weight excluding hydrogens is 572 g/mol. The van der Waals surface area contributed by atoms with Gasteiger partial charge in [-0.2, -0.15) is 0 Å². The van der Waals surface area contributed by atoms with E-state index in [1.807, 2.05) is 49.1 Å². The molecule has 0 aromatic heterocycles. The van der Waals surface area contributed by atoms with E-state index in [2.05, 4.69) is 36.4 Å². The number of carbonyl (C=O) groups excluding carboxylic acids is 2. The number of nitrogens with zero attached hydrogens (tertiary/aromatic N) is 2. The predicted molar refractivity (Wildman–Crippen MR) is 179 cm³/mol. The van der Waals surface area contributed by atoms with Gasteiger partial charge in [-0.05, 0) is 76.3 Å². The van der Waals surface area contributed by atoms with Crippen molar-refractivity contribution in [1.29, 1.82) is 0 Å². The van der Waals surface area contributed by atoms with E-state index in [1.54, 1.807) is 0 Å². The van der Waals surface area contributed by atoms with E-state index in [4.69, 9.17) is 25.7 Å². The minimum atomic E-state index is -0.805. The molecule has 1 heterocycles. The van der Waals surface area contributed by atoms with Gasteiger partial charge in [-0.1, -0.05) is 70.9 Å². The van der Waals surface area contributed by atoms with Crippen molar-refractivity contribution in [1.82, 2.24) is 15.5 Å². The molecule has 1 fully saturated rings. The number of unbranched alkanes of at least 4 members (excludes halogenated alkanes) is 2. The van der Waals surface area contributed by atoms with E-state index in [9.17, 15) is 9.59 Å². The molecule has 1 aliphatic heterocycles. The van der Waals surface area contributed by atoms with Gasteiger partial charge in [0.2, 0.25) is 5.91 Å². The molecule has 0 bridgehead atoms. The van der Waals surface area contributed by atoms with Crippen molar-refractivity contribution in [3.63, 3.8) is 0 Å². The number of alkyl carbamates (subject to hydrolysis) is 1. The van der Waals surface area contributed by atoms with E-state index < -0.39 is 30.1 Å². The summed E-state index contributed by atoms with van der Waals surface area (Å²) in [4.78, 5) is 34.1. The first kappa shape index (κ1) is 38.3. The van der Waals surface area contributed by atoms with Crippen LogP contribution in [0.5, 0.6) is 0 Å².